The molecule has 0 spiro atoms. The van der Waals surface area contributed by atoms with Crippen molar-refractivity contribution in [2.24, 2.45) is 0 Å². The van der Waals surface area contributed by atoms with E-state index < -0.39 is 0 Å². The van der Waals surface area contributed by atoms with Gasteiger partial charge in [-0.15, -0.1) is 0 Å². The molecule has 2 aromatic rings. The number of amides is 1. The number of carbonyl (C=O) groups excluding carboxylic acids is 1. The van der Waals surface area contributed by atoms with Crippen molar-refractivity contribution >= 4 is 5.91 Å². The predicted molar refractivity (Wildman–Crippen MR) is 68.5 cm³/mol. The number of hydrogen-bond acceptors (Lipinski definition) is 3. The average molecular weight is 244 g/mol. The molecule has 4 heteroatoms. The molecule has 1 aromatic heterocycles. The van der Waals surface area contributed by atoms with Crippen LogP contribution in [0.5, 0.6) is 0 Å². The molecule has 0 unspecified atom stereocenters. The van der Waals surface area contributed by atoms with Gasteiger partial charge in [-0.1, -0.05) is 18.2 Å². The number of carbonyl (C=O) groups is 1. The van der Waals surface area contributed by atoms with Gasteiger partial charge >= 0.3 is 0 Å². The van der Waals surface area contributed by atoms with Crippen molar-refractivity contribution in [1.29, 1.82) is 0 Å². The van der Waals surface area contributed by atoms with Crippen LogP contribution in [0.4, 0.5) is 0 Å². The third-order valence-corrected chi connectivity index (χ3v) is 2.67. The normalized spacial score (nSPS) is 10.3. The monoisotopic (exact) mass is 244 g/mol. The minimum Gasteiger partial charge on any atom is -0.446 e. The van der Waals surface area contributed by atoms with E-state index in [0.29, 0.717) is 24.4 Å². The van der Waals surface area contributed by atoms with E-state index in [0.717, 1.165) is 11.5 Å². The molecule has 0 aliphatic carbocycles. The smallest absolute Gasteiger partial charge is 0.251 e. The highest BCUT2D eigenvalue weighted by Crippen LogP contribution is 2.09. The molecule has 0 aliphatic rings. The predicted octanol–water partition coefficient (Wildman–Crippen LogP) is 2.26. The van der Waals surface area contributed by atoms with Crippen LogP contribution in [0.15, 0.2) is 34.7 Å². The summed E-state index contributed by atoms with van der Waals surface area (Å²) in [6, 6.07) is 9.16. The second kappa shape index (κ2) is 5.49. The number of nitrogens with one attached hydrogen (secondary N) is 1. The Kier molecular flexibility index (Phi) is 3.77. The van der Waals surface area contributed by atoms with E-state index in [1.54, 1.807) is 12.1 Å². The van der Waals surface area contributed by atoms with Gasteiger partial charge in [0.1, 0.15) is 5.76 Å². The van der Waals surface area contributed by atoms with Crippen LogP contribution >= 0.6 is 0 Å². The van der Waals surface area contributed by atoms with Gasteiger partial charge in [0.2, 0.25) is 0 Å². The zero-order chi connectivity index (χ0) is 13.0. The largest absolute Gasteiger partial charge is 0.446 e. The second-order valence-corrected chi connectivity index (χ2v) is 4.11. The van der Waals surface area contributed by atoms with Gasteiger partial charge in [-0.25, -0.2) is 4.98 Å². The van der Waals surface area contributed by atoms with Crippen molar-refractivity contribution in [2.75, 3.05) is 6.54 Å². The first-order chi connectivity index (χ1) is 8.66. The van der Waals surface area contributed by atoms with Crippen LogP contribution in [0.1, 0.15) is 27.7 Å². The Hall–Kier alpha value is -2.10. The molecule has 0 bridgehead atoms. The Balaban J connectivity index is 1.86. The molecule has 18 heavy (non-hydrogen) atoms. The fraction of sp³-hybridized carbons (Fsp3) is 0.286. The molecule has 0 radical (unpaired) electrons. The Morgan fingerprint density at radius 2 is 2.00 bits per heavy atom. The summed E-state index contributed by atoms with van der Waals surface area (Å²) in [6.45, 7) is 4.27. The van der Waals surface area contributed by atoms with Crippen LogP contribution in [0.2, 0.25) is 0 Å². The lowest BCUT2D eigenvalue weighted by Gasteiger charge is -2.03. The first-order valence-corrected chi connectivity index (χ1v) is 5.93. The van der Waals surface area contributed by atoms with Crippen LogP contribution in [0.3, 0.4) is 0 Å². The van der Waals surface area contributed by atoms with Gasteiger partial charge in [0.15, 0.2) is 5.89 Å². The zero-order valence-electron chi connectivity index (χ0n) is 10.6. The maximum atomic E-state index is 11.8. The fourth-order valence-electron chi connectivity index (χ4n) is 1.79. The van der Waals surface area contributed by atoms with Crippen molar-refractivity contribution in [1.82, 2.24) is 10.3 Å². The number of hydrogen-bond donors (Lipinski definition) is 1. The van der Waals surface area contributed by atoms with Gasteiger partial charge in [-0.3, -0.25) is 4.79 Å². The van der Waals surface area contributed by atoms with Gasteiger partial charge in [-0.05, 0) is 19.1 Å². The van der Waals surface area contributed by atoms with Crippen molar-refractivity contribution in [3.8, 4) is 0 Å². The minimum absolute atomic E-state index is 0.0653. The van der Waals surface area contributed by atoms with Gasteiger partial charge in [0.25, 0.3) is 5.91 Å². The topological polar surface area (TPSA) is 55.1 Å². The number of oxazole rings is 1. The minimum atomic E-state index is -0.0653. The number of nitrogens with zero attached hydrogens (tertiary/aromatic N) is 1. The Morgan fingerprint density at radius 1 is 1.28 bits per heavy atom. The van der Waals surface area contributed by atoms with E-state index in [-0.39, 0.29) is 5.91 Å². The molecule has 0 atom stereocenters. The average Bonchev–Trinajstić information content (AvgIpc) is 2.69. The van der Waals surface area contributed by atoms with Crippen molar-refractivity contribution in [2.45, 2.75) is 20.3 Å². The maximum Gasteiger partial charge on any atom is 0.251 e. The van der Waals surface area contributed by atoms with E-state index >= 15 is 0 Å². The van der Waals surface area contributed by atoms with E-state index in [1.165, 1.54) is 0 Å². The molecule has 0 saturated carbocycles. The SMILES string of the molecule is Cc1nc(C)c(CCNC(=O)c2ccccc2)o1. The molecule has 0 saturated heterocycles. The number of rotatable bonds is 4. The van der Waals surface area contributed by atoms with Gasteiger partial charge in [0, 0.05) is 25.5 Å². The Labute approximate surface area is 106 Å². The lowest BCUT2D eigenvalue weighted by Crippen LogP contribution is -2.25. The van der Waals surface area contributed by atoms with E-state index in [9.17, 15) is 4.79 Å². The van der Waals surface area contributed by atoms with Crippen LogP contribution in [0, 0.1) is 13.8 Å². The molecule has 0 aliphatic heterocycles. The maximum absolute atomic E-state index is 11.8. The molecule has 1 amide bonds. The molecule has 1 aromatic carbocycles. The van der Waals surface area contributed by atoms with Crippen molar-refractivity contribution < 1.29 is 9.21 Å². The van der Waals surface area contributed by atoms with Crippen LogP contribution < -0.4 is 5.32 Å². The molecule has 4 nitrogen and oxygen atoms in total. The second-order valence-electron chi connectivity index (χ2n) is 4.11. The lowest BCUT2D eigenvalue weighted by molar-refractivity contribution is 0.0953. The molecular formula is C14H16N2O2. The van der Waals surface area contributed by atoms with Gasteiger partial charge in [-0.2, -0.15) is 0 Å². The summed E-state index contributed by atoms with van der Waals surface area (Å²) < 4.78 is 5.44. The quantitative estimate of drug-likeness (QED) is 0.897. The summed E-state index contributed by atoms with van der Waals surface area (Å²) in [5.74, 6) is 1.43. The summed E-state index contributed by atoms with van der Waals surface area (Å²) in [4.78, 5) is 16.0. The molecule has 94 valence electrons. The number of benzene rings is 1. The fourth-order valence-corrected chi connectivity index (χ4v) is 1.79. The summed E-state index contributed by atoms with van der Waals surface area (Å²) in [7, 11) is 0. The summed E-state index contributed by atoms with van der Waals surface area (Å²) in [6.07, 6.45) is 0.658. The van der Waals surface area contributed by atoms with Crippen molar-refractivity contribution in [3.05, 3.63) is 53.2 Å². The van der Waals surface area contributed by atoms with Crippen molar-refractivity contribution in [3.63, 3.8) is 0 Å². The number of aryl methyl sites for hydroxylation is 2. The van der Waals surface area contributed by atoms with Gasteiger partial charge in [0.05, 0.1) is 5.69 Å². The van der Waals surface area contributed by atoms with E-state index in [1.807, 2.05) is 32.0 Å². The van der Waals surface area contributed by atoms with Crippen LogP contribution in [0.25, 0.3) is 0 Å². The lowest BCUT2D eigenvalue weighted by atomic mass is 10.2. The van der Waals surface area contributed by atoms with E-state index in [2.05, 4.69) is 10.3 Å². The summed E-state index contributed by atoms with van der Waals surface area (Å²) >= 11 is 0. The van der Waals surface area contributed by atoms with Crippen LogP contribution in [-0.2, 0) is 6.42 Å². The molecular weight excluding hydrogens is 228 g/mol. The zero-order valence-corrected chi connectivity index (χ0v) is 10.6. The molecule has 2 rings (SSSR count). The highest BCUT2D eigenvalue weighted by atomic mass is 16.4. The third-order valence-electron chi connectivity index (χ3n) is 2.67. The standard InChI is InChI=1S/C14H16N2O2/c1-10-13(18-11(2)16-10)8-9-15-14(17)12-6-4-3-5-7-12/h3-7H,8-9H2,1-2H3,(H,15,17). The van der Waals surface area contributed by atoms with Crippen LogP contribution in [-0.4, -0.2) is 17.4 Å². The molecule has 0 fully saturated rings. The number of aromatic nitrogens is 1. The molecule has 1 heterocycles. The summed E-state index contributed by atoms with van der Waals surface area (Å²) in [5.41, 5.74) is 1.56. The molecule has 1 N–H and O–H groups in total. The Morgan fingerprint density at radius 3 is 2.61 bits per heavy atom. The first kappa shape index (κ1) is 12.4. The highest BCUT2D eigenvalue weighted by Gasteiger charge is 2.08. The van der Waals surface area contributed by atoms with Gasteiger partial charge < -0.3 is 9.73 Å². The summed E-state index contributed by atoms with van der Waals surface area (Å²) in [5, 5.41) is 2.86. The first-order valence-electron chi connectivity index (χ1n) is 5.93. The Bertz CT molecular complexity index is 532. The third kappa shape index (κ3) is 2.97. The van der Waals surface area contributed by atoms with E-state index in [4.69, 9.17) is 4.42 Å². The highest BCUT2D eigenvalue weighted by molar-refractivity contribution is 5.94.